The quantitative estimate of drug-likeness (QED) is 0.421. The number of nitrogens with zero attached hydrogens (tertiary/aromatic N) is 2. The summed E-state index contributed by atoms with van der Waals surface area (Å²) in [5.41, 5.74) is 3.43. The van der Waals surface area contributed by atoms with Gasteiger partial charge in [-0.15, -0.1) is 0 Å². The second-order valence-corrected chi connectivity index (χ2v) is 7.21. The molecule has 1 amide bonds. The van der Waals surface area contributed by atoms with Crippen LogP contribution in [0.5, 0.6) is 11.6 Å². The van der Waals surface area contributed by atoms with Gasteiger partial charge in [0.1, 0.15) is 5.75 Å². The number of amides is 1. The van der Waals surface area contributed by atoms with E-state index in [4.69, 9.17) is 33.1 Å². The smallest absolute Gasteiger partial charge is 0.255 e. The van der Waals surface area contributed by atoms with Gasteiger partial charge in [-0.05, 0) is 43.2 Å². The minimum Gasteiger partial charge on any atom is -0.439 e. The van der Waals surface area contributed by atoms with Gasteiger partial charge < -0.3 is 15.3 Å². The zero-order chi connectivity index (χ0) is 20.4. The van der Waals surface area contributed by atoms with E-state index in [1.54, 1.807) is 24.3 Å². The third kappa shape index (κ3) is 4.04. The van der Waals surface area contributed by atoms with Crippen LogP contribution in [0.4, 0.5) is 5.69 Å². The van der Waals surface area contributed by atoms with Crippen molar-refractivity contribution in [3.63, 3.8) is 0 Å². The minimum absolute atomic E-state index is 0.311. The van der Waals surface area contributed by atoms with Crippen LogP contribution in [0.1, 0.15) is 27.9 Å². The van der Waals surface area contributed by atoms with Crippen LogP contribution in [0, 0.1) is 0 Å². The maximum atomic E-state index is 12.3. The van der Waals surface area contributed by atoms with Crippen molar-refractivity contribution in [1.82, 2.24) is 4.98 Å². The van der Waals surface area contributed by atoms with E-state index in [1.807, 2.05) is 18.2 Å². The Kier molecular flexibility index (Phi) is 5.38. The fourth-order valence-electron chi connectivity index (χ4n) is 3.14. The summed E-state index contributed by atoms with van der Waals surface area (Å²) in [5, 5.41) is 15.9. The van der Waals surface area contributed by atoms with Gasteiger partial charge in [0.15, 0.2) is 0 Å². The average Bonchev–Trinajstić information content (AvgIpc) is 3.15. The molecule has 3 aromatic rings. The van der Waals surface area contributed by atoms with Gasteiger partial charge in [-0.1, -0.05) is 40.5 Å². The maximum absolute atomic E-state index is 12.3. The molecule has 2 aromatic carbocycles. The van der Waals surface area contributed by atoms with Crippen molar-refractivity contribution in [2.75, 3.05) is 5.32 Å². The number of carbonyl (C=O) groups excluding carboxylic acids is 1. The number of pyridine rings is 1. The monoisotopic (exact) mass is 427 g/mol. The van der Waals surface area contributed by atoms with Gasteiger partial charge in [-0.3, -0.25) is 4.79 Å². The topological polar surface area (TPSA) is 83.8 Å². The van der Waals surface area contributed by atoms with Gasteiger partial charge in [0.25, 0.3) is 5.91 Å². The van der Waals surface area contributed by atoms with Gasteiger partial charge in [0.05, 0.1) is 27.6 Å². The highest BCUT2D eigenvalue weighted by Crippen LogP contribution is 2.33. The molecule has 1 aliphatic carbocycles. The second kappa shape index (κ2) is 8.11. The fraction of sp³-hybridized carbons (Fsp3) is 0.0952. The number of hydrogen-bond donors (Lipinski definition) is 2. The Morgan fingerprint density at radius 1 is 1.10 bits per heavy atom. The van der Waals surface area contributed by atoms with Gasteiger partial charge in [-0.2, -0.15) is 0 Å². The molecular weight excluding hydrogens is 413 g/mol. The molecule has 8 heteroatoms. The molecule has 0 radical (unpaired) electrons. The van der Waals surface area contributed by atoms with Crippen molar-refractivity contribution in [1.29, 1.82) is 0 Å². The summed E-state index contributed by atoms with van der Waals surface area (Å²) in [5.74, 6) is 0.734. The SMILES string of the molecule is O=C(Nc1ccc(Oc2cccc3c2CC/C3=N\O)nc1)c1ccc(Cl)c(Cl)c1. The van der Waals surface area contributed by atoms with E-state index in [0.29, 0.717) is 45.1 Å². The standard InChI is InChI=1S/C21H15Cl2N3O3/c22-16-7-4-12(10-17(16)23)21(27)25-13-5-9-20(24-11-13)29-19-3-1-2-14-15(19)6-8-18(14)26-28/h1-5,7,9-11,28H,6,8H2,(H,25,27)/b26-18+. The molecule has 0 unspecified atom stereocenters. The molecule has 0 saturated carbocycles. The molecule has 0 atom stereocenters. The molecule has 0 fully saturated rings. The summed E-state index contributed by atoms with van der Waals surface area (Å²) in [7, 11) is 0. The molecule has 6 nitrogen and oxygen atoms in total. The van der Waals surface area contributed by atoms with E-state index in [-0.39, 0.29) is 5.91 Å². The fourth-order valence-corrected chi connectivity index (χ4v) is 3.44. The van der Waals surface area contributed by atoms with E-state index < -0.39 is 0 Å². The van der Waals surface area contributed by atoms with E-state index in [0.717, 1.165) is 17.5 Å². The molecule has 0 spiro atoms. The Morgan fingerprint density at radius 3 is 2.69 bits per heavy atom. The number of benzene rings is 2. The third-order valence-electron chi connectivity index (χ3n) is 4.57. The lowest BCUT2D eigenvalue weighted by atomic mass is 10.1. The molecule has 0 aliphatic heterocycles. The molecule has 4 rings (SSSR count). The second-order valence-electron chi connectivity index (χ2n) is 6.40. The minimum atomic E-state index is -0.323. The van der Waals surface area contributed by atoms with Crippen LogP contribution in [-0.4, -0.2) is 21.8 Å². The van der Waals surface area contributed by atoms with Crippen LogP contribution >= 0.6 is 23.2 Å². The summed E-state index contributed by atoms with van der Waals surface area (Å²) < 4.78 is 5.90. The highest BCUT2D eigenvalue weighted by atomic mass is 35.5. The molecule has 2 N–H and O–H groups in total. The average molecular weight is 428 g/mol. The number of halogens is 2. The molecule has 146 valence electrons. The number of carbonyl (C=O) groups is 1. The predicted molar refractivity (Wildman–Crippen MR) is 112 cm³/mol. The number of hydrogen-bond acceptors (Lipinski definition) is 5. The number of anilines is 1. The first-order chi connectivity index (χ1) is 14.0. The Labute approximate surface area is 176 Å². The first-order valence-corrected chi connectivity index (χ1v) is 9.54. The summed E-state index contributed by atoms with van der Waals surface area (Å²) in [6, 6.07) is 13.6. The summed E-state index contributed by atoms with van der Waals surface area (Å²) in [4.78, 5) is 16.6. The summed E-state index contributed by atoms with van der Waals surface area (Å²) >= 11 is 11.8. The lowest BCUT2D eigenvalue weighted by molar-refractivity contribution is 0.102. The zero-order valence-electron chi connectivity index (χ0n) is 15.0. The van der Waals surface area contributed by atoms with Crippen LogP contribution in [-0.2, 0) is 6.42 Å². The Hall–Kier alpha value is -3.09. The normalized spacial score (nSPS) is 13.9. The highest BCUT2D eigenvalue weighted by Gasteiger charge is 2.22. The van der Waals surface area contributed by atoms with Crippen molar-refractivity contribution in [2.45, 2.75) is 12.8 Å². The van der Waals surface area contributed by atoms with Crippen LogP contribution < -0.4 is 10.1 Å². The van der Waals surface area contributed by atoms with Crippen LogP contribution in [0.15, 0.2) is 59.9 Å². The van der Waals surface area contributed by atoms with Crippen LogP contribution in [0.2, 0.25) is 10.0 Å². The number of fused-ring (bicyclic) bond motifs is 1. The Balaban J connectivity index is 1.47. The number of nitrogens with one attached hydrogen (secondary N) is 1. The number of rotatable bonds is 4. The number of aromatic nitrogens is 1. The molecule has 1 aromatic heterocycles. The van der Waals surface area contributed by atoms with E-state index in [2.05, 4.69) is 15.5 Å². The van der Waals surface area contributed by atoms with Crippen molar-refractivity contribution in [3.8, 4) is 11.6 Å². The van der Waals surface area contributed by atoms with E-state index in [1.165, 1.54) is 12.3 Å². The molecule has 0 bridgehead atoms. The van der Waals surface area contributed by atoms with Crippen LogP contribution in [0.3, 0.4) is 0 Å². The first kappa shape index (κ1) is 19.2. The largest absolute Gasteiger partial charge is 0.439 e. The lowest BCUT2D eigenvalue weighted by Gasteiger charge is -2.10. The lowest BCUT2D eigenvalue weighted by Crippen LogP contribution is -2.12. The van der Waals surface area contributed by atoms with Gasteiger partial charge in [0, 0.05) is 22.8 Å². The number of ether oxygens (including phenoxy) is 1. The van der Waals surface area contributed by atoms with Crippen molar-refractivity contribution >= 4 is 40.5 Å². The molecule has 0 saturated heterocycles. The van der Waals surface area contributed by atoms with Gasteiger partial charge >= 0.3 is 0 Å². The molecule has 29 heavy (non-hydrogen) atoms. The van der Waals surface area contributed by atoms with Crippen molar-refractivity contribution in [2.24, 2.45) is 5.16 Å². The zero-order valence-corrected chi connectivity index (χ0v) is 16.5. The highest BCUT2D eigenvalue weighted by molar-refractivity contribution is 6.42. The maximum Gasteiger partial charge on any atom is 0.255 e. The van der Waals surface area contributed by atoms with Crippen molar-refractivity contribution < 1.29 is 14.7 Å². The summed E-state index contributed by atoms with van der Waals surface area (Å²) in [6.45, 7) is 0. The molecule has 1 aliphatic rings. The van der Waals surface area contributed by atoms with Crippen molar-refractivity contribution in [3.05, 3.63) is 81.5 Å². The predicted octanol–water partition coefficient (Wildman–Crippen LogP) is 5.56. The molecule has 1 heterocycles. The Bertz CT molecular complexity index is 1110. The summed E-state index contributed by atoms with van der Waals surface area (Å²) in [6.07, 6.45) is 2.91. The number of oxime groups is 1. The third-order valence-corrected chi connectivity index (χ3v) is 5.31. The molecular formula is C21H15Cl2N3O3. The van der Waals surface area contributed by atoms with Gasteiger partial charge in [-0.25, -0.2) is 4.98 Å². The van der Waals surface area contributed by atoms with Gasteiger partial charge in [0.2, 0.25) is 5.88 Å². The van der Waals surface area contributed by atoms with Crippen LogP contribution in [0.25, 0.3) is 0 Å². The first-order valence-electron chi connectivity index (χ1n) is 8.78. The van der Waals surface area contributed by atoms with E-state index >= 15 is 0 Å². The Morgan fingerprint density at radius 2 is 1.97 bits per heavy atom. The van der Waals surface area contributed by atoms with E-state index in [9.17, 15) is 4.79 Å².